The van der Waals surface area contributed by atoms with Crippen LogP contribution in [0.1, 0.15) is 42.2 Å². The predicted molar refractivity (Wildman–Crippen MR) is 104 cm³/mol. The van der Waals surface area contributed by atoms with Crippen LogP contribution in [0.4, 0.5) is 10.1 Å². The van der Waals surface area contributed by atoms with E-state index in [0.717, 1.165) is 5.56 Å². The first-order chi connectivity index (χ1) is 13.8. The Morgan fingerprint density at radius 1 is 1.03 bits per heavy atom. The molecule has 0 saturated heterocycles. The first kappa shape index (κ1) is 19.3. The maximum absolute atomic E-state index is 13.2. The number of carbonyl (C=O) groups is 2. The number of benzene rings is 2. The lowest BCUT2D eigenvalue weighted by Crippen LogP contribution is -2.38. The second-order valence-corrected chi connectivity index (χ2v) is 7.65. The number of rotatable bonds is 3. The lowest BCUT2D eigenvalue weighted by Gasteiger charge is -2.34. The van der Waals surface area contributed by atoms with Crippen molar-refractivity contribution in [2.45, 2.75) is 31.1 Å². The van der Waals surface area contributed by atoms with Crippen molar-refractivity contribution in [3.8, 4) is 0 Å². The Morgan fingerprint density at radius 3 is 2.41 bits per heavy atom. The van der Waals surface area contributed by atoms with Gasteiger partial charge in [0.15, 0.2) is 5.78 Å². The molecule has 2 aliphatic rings. The van der Waals surface area contributed by atoms with Crippen LogP contribution in [-0.4, -0.2) is 16.6 Å². The van der Waals surface area contributed by atoms with Gasteiger partial charge in [0.2, 0.25) is 5.91 Å². The fourth-order valence-electron chi connectivity index (χ4n) is 4.10. The number of ketones is 1. The Kier molecular flexibility index (Phi) is 4.92. The Bertz CT molecular complexity index is 1060. The van der Waals surface area contributed by atoms with E-state index in [9.17, 15) is 24.1 Å². The van der Waals surface area contributed by atoms with E-state index in [1.807, 2.05) is 0 Å². The van der Waals surface area contributed by atoms with Crippen LogP contribution in [0.2, 0.25) is 5.02 Å². The number of allylic oxidation sites excluding steroid dienone is 2. The zero-order valence-corrected chi connectivity index (χ0v) is 15.9. The van der Waals surface area contributed by atoms with Crippen LogP contribution < -0.4 is 5.32 Å². The number of halogens is 2. The van der Waals surface area contributed by atoms with Crippen LogP contribution >= 0.6 is 11.6 Å². The number of amides is 1. The second kappa shape index (κ2) is 7.40. The Labute approximate surface area is 170 Å². The van der Waals surface area contributed by atoms with Gasteiger partial charge in [-0.05, 0) is 41.7 Å². The Hall–Kier alpha value is -3.06. The second-order valence-electron chi connectivity index (χ2n) is 7.24. The number of nitro benzene ring substituents is 1. The molecule has 29 heavy (non-hydrogen) atoms. The third-order valence-electron chi connectivity index (χ3n) is 5.45. The topological polar surface area (TPSA) is 89.3 Å². The van der Waals surface area contributed by atoms with Gasteiger partial charge < -0.3 is 5.32 Å². The molecule has 2 aromatic carbocycles. The van der Waals surface area contributed by atoms with Gasteiger partial charge in [0.1, 0.15) is 10.8 Å². The zero-order valence-electron chi connectivity index (χ0n) is 15.2. The fraction of sp³-hybridized carbons (Fsp3) is 0.238. The molecule has 0 bridgehead atoms. The number of carbonyl (C=O) groups excluding carboxylic acids is 2. The van der Waals surface area contributed by atoms with Crippen molar-refractivity contribution in [2.24, 2.45) is 0 Å². The molecule has 0 aromatic heterocycles. The van der Waals surface area contributed by atoms with E-state index in [-0.39, 0.29) is 47.0 Å². The van der Waals surface area contributed by atoms with Crippen molar-refractivity contribution in [2.75, 3.05) is 0 Å². The average Bonchev–Trinajstić information content (AvgIpc) is 2.67. The molecule has 1 amide bonds. The smallest absolute Gasteiger partial charge is 0.288 e. The highest BCUT2D eigenvalue weighted by atomic mass is 35.5. The molecule has 0 fully saturated rings. The molecule has 2 atom stereocenters. The van der Waals surface area contributed by atoms with Gasteiger partial charge in [-0.15, -0.1) is 0 Å². The minimum absolute atomic E-state index is 0.000409. The maximum atomic E-state index is 13.2. The van der Waals surface area contributed by atoms with Gasteiger partial charge in [0, 0.05) is 36.1 Å². The molecule has 2 aromatic rings. The van der Waals surface area contributed by atoms with Crippen molar-refractivity contribution in [3.05, 3.63) is 85.8 Å². The molecule has 148 valence electrons. The van der Waals surface area contributed by atoms with Crippen molar-refractivity contribution >= 4 is 29.0 Å². The van der Waals surface area contributed by atoms with Gasteiger partial charge in [-0.2, -0.15) is 0 Å². The van der Waals surface area contributed by atoms with E-state index in [1.165, 1.54) is 24.3 Å². The van der Waals surface area contributed by atoms with Crippen LogP contribution in [-0.2, 0) is 9.59 Å². The molecule has 0 radical (unpaired) electrons. The molecule has 1 aliphatic carbocycles. The largest absolute Gasteiger partial charge is 0.329 e. The van der Waals surface area contributed by atoms with Crippen molar-refractivity contribution in [1.82, 2.24) is 5.32 Å². The monoisotopic (exact) mass is 414 g/mol. The summed E-state index contributed by atoms with van der Waals surface area (Å²) in [6.07, 6.45) is 0.696. The van der Waals surface area contributed by atoms with Crippen molar-refractivity contribution in [1.29, 1.82) is 0 Å². The number of nitro groups is 1. The minimum Gasteiger partial charge on any atom is -0.329 e. The van der Waals surface area contributed by atoms with E-state index >= 15 is 0 Å². The minimum atomic E-state index is -0.586. The van der Waals surface area contributed by atoms with E-state index in [0.29, 0.717) is 23.3 Å². The number of hydrogen-bond donors (Lipinski definition) is 1. The summed E-state index contributed by atoms with van der Waals surface area (Å²) >= 11 is 5.90. The molecule has 6 nitrogen and oxygen atoms in total. The summed E-state index contributed by atoms with van der Waals surface area (Å²) < 4.78 is 13.2. The highest BCUT2D eigenvalue weighted by Crippen LogP contribution is 2.43. The summed E-state index contributed by atoms with van der Waals surface area (Å²) in [5.74, 6) is -1.45. The lowest BCUT2D eigenvalue weighted by atomic mass is 9.73. The highest BCUT2D eigenvalue weighted by Gasteiger charge is 2.38. The summed E-state index contributed by atoms with van der Waals surface area (Å²) in [4.78, 5) is 36.0. The number of nitrogens with one attached hydrogen (secondary N) is 1. The third-order valence-corrected chi connectivity index (χ3v) is 5.77. The summed E-state index contributed by atoms with van der Waals surface area (Å²) in [7, 11) is 0. The van der Waals surface area contributed by atoms with Gasteiger partial charge in [-0.1, -0.05) is 29.8 Å². The molecular weight excluding hydrogens is 399 g/mol. The normalized spacial score (nSPS) is 21.6. The van der Waals surface area contributed by atoms with Crippen LogP contribution in [0.15, 0.2) is 53.7 Å². The quantitative estimate of drug-likeness (QED) is 0.595. The molecule has 1 N–H and O–H groups in total. The van der Waals surface area contributed by atoms with Gasteiger partial charge in [-0.25, -0.2) is 4.39 Å². The highest BCUT2D eigenvalue weighted by molar-refractivity contribution is 6.32. The molecule has 0 unspecified atom stereocenters. The fourth-order valence-corrected chi connectivity index (χ4v) is 4.29. The average molecular weight is 415 g/mol. The SMILES string of the molecule is O=C1C[C@H](c2ccc(Cl)c([N+](=O)[O-])c2)C2=C(C[C@H](c3ccc(F)cc3)CC2=O)N1. The molecular formula is C21H16ClFN2O4. The first-order valence-electron chi connectivity index (χ1n) is 9.09. The lowest BCUT2D eigenvalue weighted by molar-refractivity contribution is -0.384. The van der Waals surface area contributed by atoms with E-state index in [1.54, 1.807) is 18.2 Å². The standard InChI is InChI=1S/C21H16ClFN2O4/c22-16-6-3-12(8-18(16)25(28)29)15-10-20(27)24-17-7-13(9-19(26)21(15)17)11-1-4-14(23)5-2-11/h1-6,8,13,15H,7,9-10H2,(H,24,27)/t13-,15+/m0/s1. The molecule has 1 heterocycles. The summed E-state index contributed by atoms with van der Waals surface area (Å²) in [6, 6.07) is 10.3. The molecule has 0 saturated carbocycles. The van der Waals surface area contributed by atoms with Gasteiger partial charge in [0.25, 0.3) is 5.69 Å². The van der Waals surface area contributed by atoms with Crippen molar-refractivity contribution in [3.63, 3.8) is 0 Å². The van der Waals surface area contributed by atoms with Gasteiger partial charge >= 0.3 is 0 Å². The number of hydrogen-bond acceptors (Lipinski definition) is 4. The van der Waals surface area contributed by atoms with E-state index in [2.05, 4.69) is 5.32 Å². The van der Waals surface area contributed by atoms with E-state index < -0.39 is 10.8 Å². The third kappa shape index (κ3) is 3.65. The van der Waals surface area contributed by atoms with Crippen LogP contribution in [0.3, 0.4) is 0 Å². The maximum Gasteiger partial charge on any atom is 0.288 e. The van der Waals surface area contributed by atoms with E-state index in [4.69, 9.17) is 11.6 Å². The number of nitrogens with zero attached hydrogens (tertiary/aromatic N) is 1. The van der Waals surface area contributed by atoms with Crippen LogP contribution in [0.5, 0.6) is 0 Å². The molecule has 0 spiro atoms. The Balaban J connectivity index is 1.73. The summed E-state index contributed by atoms with van der Waals surface area (Å²) in [6.45, 7) is 0. The molecule has 4 rings (SSSR count). The Morgan fingerprint density at radius 2 is 1.72 bits per heavy atom. The van der Waals surface area contributed by atoms with Crippen LogP contribution in [0.25, 0.3) is 0 Å². The molecule has 8 heteroatoms. The van der Waals surface area contributed by atoms with Gasteiger partial charge in [0.05, 0.1) is 4.92 Å². The van der Waals surface area contributed by atoms with Crippen LogP contribution in [0, 0.1) is 15.9 Å². The summed E-state index contributed by atoms with van der Waals surface area (Å²) in [5, 5.41) is 14.0. The first-order valence-corrected chi connectivity index (χ1v) is 9.46. The summed E-state index contributed by atoms with van der Waals surface area (Å²) in [5.41, 5.74) is 2.10. The zero-order chi connectivity index (χ0) is 20.7. The predicted octanol–water partition coefficient (Wildman–Crippen LogP) is 4.39. The molecule has 1 aliphatic heterocycles. The van der Waals surface area contributed by atoms with Gasteiger partial charge in [-0.3, -0.25) is 19.7 Å². The van der Waals surface area contributed by atoms with Crippen molar-refractivity contribution < 1.29 is 18.9 Å². The number of Topliss-reactive ketones (excluding diaryl/α,β-unsaturated/α-hetero) is 1.